The average molecular weight is 389 g/mol. The van der Waals surface area contributed by atoms with Crippen LogP contribution in [-0.4, -0.2) is 40.9 Å². The lowest BCUT2D eigenvalue weighted by atomic mass is 10.1. The predicted octanol–water partition coefficient (Wildman–Crippen LogP) is 4.02. The first kappa shape index (κ1) is 19.4. The number of nitrogens with zero attached hydrogens (tertiary/aromatic N) is 2. The smallest absolute Gasteiger partial charge is 0.231 e. The summed E-state index contributed by atoms with van der Waals surface area (Å²) in [6.45, 7) is 2.70. The molecule has 2 heterocycles. The highest BCUT2D eigenvalue weighted by Crippen LogP contribution is 2.24. The molecule has 0 saturated carbocycles. The monoisotopic (exact) mass is 389 g/mol. The highest BCUT2D eigenvalue weighted by atomic mass is 16.2. The second kappa shape index (κ2) is 9.05. The number of carbonyl (C=O) groups is 2. The number of hydrogen-bond donors (Lipinski definition) is 1. The van der Waals surface area contributed by atoms with Gasteiger partial charge in [-0.1, -0.05) is 48.5 Å². The van der Waals surface area contributed by atoms with E-state index in [0.717, 1.165) is 24.0 Å². The molecule has 1 unspecified atom stereocenters. The molecule has 0 aliphatic carbocycles. The molecule has 2 aromatic carbocycles. The molecule has 4 rings (SSSR count). The van der Waals surface area contributed by atoms with E-state index in [2.05, 4.69) is 22.3 Å². The number of amides is 1. The summed E-state index contributed by atoms with van der Waals surface area (Å²) >= 11 is 0. The zero-order valence-corrected chi connectivity index (χ0v) is 16.6. The van der Waals surface area contributed by atoms with Crippen molar-refractivity contribution in [3.05, 3.63) is 72.4 Å². The fourth-order valence-electron chi connectivity index (χ4n) is 4.13. The maximum absolute atomic E-state index is 12.6. The van der Waals surface area contributed by atoms with Crippen molar-refractivity contribution >= 4 is 22.7 Å². The van der Waals surface area contributed by atoms with E-state index in [9.17, 15) is 9.59 Å². The van der Waals surface area contributed by atoms with Crippen LogP contribution in [0.1, 0.15) is 42.1 Å². The zero-order valence-electron chi connectivity index (χ0n) is 16.6. The van der Waals surface area contributed by atoms with Gasteiger partial charge in [0.1, 0.15) is 0 Å². The summed E-state index contributed by atoms with van der Waals surface area (Å²) in [6, 6.07) is 20.2. The third-order valence-corrected chi connectivity index (χ3v) is 5.69. The van der Waals surface area contributed by atoms with Crippen molar-refractivity contribution < 1.29 is 9.59 Å². The highest BCUT2D eigenvalue weighted by Gasteiger charge is 2.23. The molecule has 1 aliphatic rings. The fourth-order valence-corrected chi connectivity index (χ4v) is 4.13. The van der Waals surface area contributed by atoms with Gasteiger partial charge in [0, 0.05) is 31.0 Å². The van der Waals surface area contributed by atoms with Crippen LogP contribution in [0, 0.1) is 0 Å². The van der Waals surface area contributed by atoms with Gasteiger partial charge in [-0.2, -0.15) is 0 Å². The van der Waals surface area contributed by atoms with E-state index in [-0.39, 0.29) is 30.7 Å². The largest absolute Gasteiger partial charge is 0.354 e. The van der Waals surface area contributed by atoms with Gasteiger partial charge in [0.2, 0.25) is 11.8 Å². The van der Waals surface area contributed by atoms with Crippen molar-refractivity contribution in [1.29, 1.82) is 0 Å². The number of aromatic nitrogens is 1. The lowest BCUT2D eigenvalue weighted by Crippen LogP contribution is -2.37. The summed E-state index contributed by atoms with van der Waals surface area (Å²) in [5.74, 6) is -0.129. The van der Waals surface area contributed by atoms with Crippen molar-refractivity contribution in [2.24, 2.45) is 0 Å². The van der Waals surface area contributed by atoms with E-state index in [1.54, 1.807) is 10.8 Å². The molecule has 1 atom stereocenters. The number of nitrogens with one attached hydrogen (secondary N) is 1. The number of carbonyl (C=O) groups excluding carboxylic acids is 2. The van der Waals surface area contributed by atoms with Crippen LogP contribution in [0.2, 0.25) is 0 Å². The molecule has 1 N–H and O–H groups in total. The molecule has 1 saturated heterocycles. The molecule has 0 spiro atoms. The van der Waals surface area contributed by atoms with Crippen LogP contribution in [0.5, 0.6) is 0 Å². The van der Waals surface area contributed by atoms with Crippen molar-refractivity contribution in [3.63, 3.8) is 0 Å². The first-order valence-electron chi connectivity index (χ1n) is 10.4. The zero-order chi connectivity index (χ0) is 20.1. The quantitative estimate of drug-likeness (QED) is 0.664. The van der Waals surface area contributed by atoms with E-state index in [1.807, 2.05) is 48.5 Å². The van der Waals surface area contributed by atoms with Crippen molar-refractivity contribution in [1.82, 2.24) is 14.8 Å². The number of para-hydroxylation sites is 1. The third kappa shape index (κ3) is 4.57. The Hall–Kier alpha value is -2.92. The number of likely N-dealkylation sites (tertiary alicyclic amines) is 1. The topological polar surface area (TPSA) is 54.3 Å². The number of benzene rings is 2. The van der Waals surface area contributed by atoms with Crippen LogP contribution >= 0.6 is 0 Å². The van der Waals surface area contributed by atoms with Gasteiger partial charge < -0.3 is 5.32 Å². The number of rotatable bonds is 7. The van der Waals surface area contributed by atoms with Gasteiger partial charge >= 0.3 is 0 Å². The number of hydrogen-bond acceptors (Lipinski definition) is 3. The van der Waals surface area contributed by atoms with Crippen LogP contribution < -0.4 is 5.32 Å². The molecule has 5 heteroatoms. The molecule has 1 aromatic heterocycles. The Morgan fingerprint density at radius 1 is 0.897 bits per heavy atom. The summed E-state index contributed by atoms with van der Waals surface area (Å²) in [6.07, 6.45) is 4.59. The van der Waals surface area contributed by atoms with E-state index < -0.39 is 0 Å². The molecule has 3 aromatic rings. The summed E-state index contributed by atoms with van der Waals surface area (Å²) in [4.78, 5) is 27.4. The van der Waals surface area contributed by atoms with Gasteiger partial charge in [-0.3, -0.25) is 19.1 Å². The second-order valence-corrected chi connectivity index (χ2v) is 7.61. The van der Waals surface area contributed by atoms with Crippen LogP contribution in [0.4, 0.5) is 0 Å². The Kier molecular flexibility index (Phi) is 6.06. The SMILES string of the molecule is O=C(CCC(=O)n1ccc2ccccc21)NCC(c1ccccc1)N1CCCC1. The molecule has 0 bridgehead atoms. The maximum Gasteiger partial charge on any atom is 0.231 e. The molecule has 29 heavy (non-hydrogen) atoms. The van der Waals surface area contributed by atoms with Crippen molar-refractivity contribution in [2.75, 3.05) is 19.6 Å². The minimum atomic E-state index is -0.0741. The van der Waals surface area contributed by atoms with Gasteiger partial charge in [-0.05, 0) is 43.6 Å². The predicted molar refractivity (Wildman–Crippen MR) is 115 cm³/mol. The van der Waals surface area contributed by atoms with Crippen LogP contribution in [-0.2, 0) is 4.79 Å². The average Bonchev–Trinajstić information content (AvgIpc) is 3.43. The van der Waals surface area contributed by atoms with E-state index >= 15 is 0 Å². The van der Waals surface area contributed by atoms with Gasteiger partial charge in [0.15, 0.2) is 0 Å². The summed E-state index contributed by atoms with van der Waals surface area (Å²) in [5, 5.41) is 4.08. The summed E-state index contributed by atoms with van der Waals surface area (Å²) < 4.78 is 1.64. The second-order valence-electron chi connectivity index (χ2n) is 7.61. The summed E-state index contributed by atoms with van der Waals surface area (Å²) in [7, 11) is 0. The molecule has 5 nitrogen and oxygen atoms in total. The standard InChI is InChI=1S/C24H27N3O2/c28-23(12-13-24(29)27-17-14-20-10-4-5-11-21(20)27)25-18-22(26-15-6-7-16-26)19-8-2-1-3-9-19/h1-5,8-11,14,17,22H,6-7,12-13,15-16,18H2,(H,25,28). The molecule has 1 fully saturated rings. The Morgan fingerprint density at radius 2 is 1.62 bits per heavy atom. The normalized spacial score (nSPS) is 15.4. The first-order valence-corrected chi connectivity index (χ1v) is 10.4. The third-order valence-electron chi connectivity index (χ3n) is 5.69. The highest BCUT2D eigenvalue weighted by molar-refractivity contribution is 5.93. The van der Waals surface area contributed by atoms with E-state index in [1.165, 1.54) is 18.4 Å². The number of fused-ring (bicyclic) bond motifs is 1. The fraction of sp³-hybridized carbons (Fsp3) is 0.333. The maximum atomic E-state index is 12.6. The van der Waals surface area contributed by atoms with Crippen LogP contribution in [0.15, 0.2) is 66.9 Å². The van der Waals surface area contributed by atoms with Crippen molar-refractivity contribution in [2.45, 2.75) is 31.7 Å². The summed E-state index contributed by atoms with van der Waals surface area (Å²) in [5.41, 5.74) is 2.11. The minimum Gasteiger partial charge on any atom is -0.354 e. The molecule has 150 valence electrons. The van der Waals surface area contributed by atoms with Crippen LogP contribution in [0.25, 0.3) is 10.9 Å². The van der Waals surface area contributed by atoms with Crippen LogP contribution in [0.3, 0.4) is 0 Å². The Balaban J connectivity index is 1.33. The Labute approximate surface area is 171 Å². The van der Waals surface area contributed by atoms with Gasteiger partial charge in [-0.25, -0.2) is 0 Å². The molecule has 1 amide bonds. The van der Waals surface area contributed by atoms with E-state index in [4.69, 9.17) is 0 Å². The molecular formula is C24H27N3O2. The van der Waals surface area contributed by atoms with E-state index in [0.29, 0.717) is 6.54 Å². The van der Waals surface area contributed by atoms with Gasteiger partial charge in [0.25, 0.3) is 0 Å². The Morgan fingerprint density at radius 3 is 2.41 bits per heavy atom. The Bertz CT molecular complexity index is 974. The lowest BCUT2D eigenvalue weighted by Gasteiger charge is -2.28. The molecule has 1 aliphatic heterocycles. The molecular weight excluding hydrogens is 362 g/mol. The van der Waals surface area contributed by atoms with Gasteiger partial charge in [0.05, 0.1) is 11.6 Å². The molecule has 0 radical (unpaired) electrons. The minimum absolute atomic E-state index is 0.0551. The van der Waals surface area contributed by atoms with Crippen molar-refractivity contribution in [3.8, 4) is 0 Å². The first-order chi connectivity index (χ1) is 14.2. The van der Waals surface area contributed by atoms with Gasteiger partial charge in [-0.15, -0.1) is 0 Å². The lowest BCUT2D eigenvalue weighted by molar-refractivity contribution is -0.121.